The number of nitrogens with one attached hydrogen (secondary N) is 3. The van der Waals surface area contributed by atoms with E-state index in [1.807, 2.05) is 45.0 Å². The Kier molecular flexibility index (Phi) is 6.52. The fraction of sp³-hybridized carbons (Fsp3) is 0.500. The van der Waals surface area contributed by atoms with Gasteiger partial charge in [-0.15, -0.1) is 0 Å². The van der Waals surface area contributed by atoms with Crippen LogP contribution in [0.15, 0.2) is 24.3 Å². The predicted molar refractivity (Wildman–Crippen MR) is 98.1 cm³/mol. The van der Waals surface area contributed by atoms with Crippen molar-refractivity contribution >= 4 is 22.8 Å². The first-order valence-electron chi connectivity index (χ1n) is 8.66. The summed E-state index contributed by atoms with van der Waals surface area (Å²) in [5.74, 6) is -0.114. The van der Waals surface area contributed by atoms with E-state index in [0.717, 1.165) is 5.52 Å². The van der Waals surface area contributed by atoms with Gasteiger partial charge in [-0.2, -0.15) is 0 Å². The van der Waals surface area contributed by atoms with Crippen molar-refractivity contribution in [1.29, 1.82) is 0 Å². The maximum atomic E-state index is 12.5. The third-order valence-corrected chi connectivity index (χ3v) is 3.92. The number of amides is 2. The van der Waals surface area contributed by atoms with Gasteiger partial charge in [-0.05, 0) is 44.4 Å². The van der Waals surface area contributed by atoms with Crippen LogP contribution < -0.4 is 16.4 Å². The molecule has 25 heavy (non-hydrogen) atoms. The fourth-order valence-electron chi connectivity index (χ4n) is 2.66. The van der Waals surface area contributed by atoms with Gasteiger partial charge in [0.1, 0.15) is 6.04 Å². The van der Waals surface area contributed by atoms with Crippen LogP contribution in [0.25, 0.3) is 11.0 Å². The number of H-pyrrole nitrogens is 1. The number of hydrogen-bond donors (Lipinski definition) is 4. The Morgan fingerprint density at radius 2 is 1.92 bits per heavy atom. The van der Waals surface area contributed by atoms with E-state index in [1.165, 1.54) is 0 Å². The van der Waals surface area contributed by atoms with Crippen molar-refractivity contribution in [2.75, 3.05) is 6.54 Å². The lowest BCUT2D eigenvalue weighted by Gasteiger charge is -2.22. The zero-order valence-electron chi connectivity index (χ0n) is 15.0. The second-order valence-electron chi connectivity index (χ2n) is 6.75. The van der Waals surface area contributed by atoms with Crippen molar-refractivity contribution in [2.24, 2.45) is 11.7 Å². The molecule has 2 aromatic rings. The molecule has 0 bridgehead atoms. The van der Waals surface area contributed by atoms with Gasteiger partial charge in [0.2, 0.25) is 5.91 Å². The van der Waals surface area contributed by atoms with Crippen LogP contribution in [0, 0.1) is 5.92 Å². The molecule has 136 valence electrons. The standard InChI is InChI=1S/C18H27N5O2/c1-11(2)10-15(17(24)20-12(3)8-9-19)23-18(25)16-21-13-6-4-5-7-14(13)22-16/h4-7,11-12,15H,8-10,19H2,1-3H3,(H,20,24)(H,21,22)(H,23,25)/t12?,15-/m0/s1. The van der Waals surface area contributed by atoms with Crippen molar-refractivity contribution in [1.82, 2.24) is 20.6 Å². The van der Waals surface area contributed by atoms with Gasteiger partial charge < -0.3 is 21.4 Å². The van der Waals surface area contributed by atoms with E-state index < -0.39 is 6.04 Å². The van der Waals surface area contributed by atoms with E-state index in [2.05, 4.69) is 20.6 Å². The van der Waals surface area contributed by atoms with Crippen molar-refractivity contribution in [3.63, 3.8) is 0 Å². The van der Waals surface area contributed by atoms with Crippen molar-refractivity contribution < 1.29 is 9.59 Å². The molecule has 1 unspecified atom stereocenters. The zero-order valence-corrected chi connectivity index (χ0v) is 15.0. The summed E-state index contributed by atoms with van der Waals surface area (Å²) in [5, 5.41) is 5.70. The second-order valence-corrected chi connectivity index (χ2v) is 6.75. The van der Waals surface area contributed by atoms with Gasteiger partial charge in [0, 0.05) is 6.04 Å². The number of aromatic nitrogens is 2. The van der Waals surface area contributed by atoms with Crippen molar-refractivity contribution in [3.05, 3.63) is 30.1 Å². The topological polar surface area (TPSA) is 113 Å². The molecule has 0 spiro atoms. The fourth-order valence-corrected chi connectivity index (χ4v) is 2.66. The Labute approximate surface area is 147 Å². The minimum atomic E-state index is -0.610. The lowest BCUT2D eigenvalue weighted by Crippen LogP contribution is -2.50. The van der Waals surface area contributed by atoms with Crippen LogP contribution in [-0.2, 0) is 4.79 Å². The van der Waals surface area contributed by atoms with Crippen LogP contribution in [0.2, 0.25) is 0 Å². The summed E-state index contributed by atoms with van der Waals surface area (Å²) in [6, 6.07) is 6.77. The molecule has 0 fully saturated rings. The van der Waals surface area contributed by atoms with Crippen molar-refractivity contribution in [3.8, 4) is 0 Å². The highest BCUT2D eigenvalue weighted by atomic mass is 16.2. The number of carbonyl (C=O) groups excluding carboxylic acids is 2. The number of aromatic amines is 1. The lowest BCUT2D eigenvalue weighted by molar-refractivity contribution is -0.124. The number of nitrogens with two attached hydrogens (primary N) is 1. The van der Waals surface area contributed by atoms with E-state index in [1.54, 1.807) is 0 Å². The third-order valence-electron chi connectivity index (χ3n) is 3.92. The van der Waals surface area contributed by atoms with Gasteiger partial charge in [0.15, 0.2) is 5.82 Å². The summed E-state index contributed by atoms with van der Waals surface area (Å²) >= 11 is 0. The van der Waals surface area contributed by atoms with E-state index in [0.29, 0.717) is 24.9 Å². The summed E-state index contributed by atoms with van der Waals surface area (Å²) in [6.45, 7) is 6.42. The first-order chi connectivity index (χ1) is 11.9. The number of nitrogens with zero attached hydrogens (tertiary/aromatic N) is 1. The van der Waals surface area contributed by atoms with Gasteiger partial charge >= 0.3 is 0 Å². The monoisotopic (exact) mass is 345 g/mol. The van der Waals surface area contributed by atoms with Crippen LogP contribution in [0.3, 0.4) is 0 Å². The number of hydrogen-bond acceptors (Lipinski definition) is 4. The molecular weight excluding hydrogens is 318 g/mol. The van der Waals surface area contributed by atoms with Gasteiger partial charge in [0.05, 0.1) is 11.0 Å². The SMILES string of the molecule is CC(C)C[C@H](NC(=O)c1nc2ccccc2[nH]1)C(=O)NC(C)CCN. The smallest absolute Gasteiger partial charge is 0.287 e. The van der Waals surface area contributed by atoms with Gasteiger partial charge in [-0.3, -0.25) is 9.59 Å². The Bertz CT molecular complexity index is 692. The number of para-hydroxylation sites is 2. The minimum absolute atomic E-state index is 0.0322. The molecule has 7 heteroatoms. The Balaban J connectivity index is 2.09. The second kappa shape index (κ2) is 8.62. The molecular formula is C18H27N5O2. The lowest BCUT2D eigenvalue weighted by atomic mass is 10.0. The Morgan fingerprint density at radius 1 is 1.20 bits per heavy atom. The summed E-state index contributed by atoms with van der Waals surface area (Å²) < 4.78 is 0. The summed E-state index contributed by atoms with van der Waals surface area (Å²) in [4.78, 5) is 32.3. The molecule has 1 aromatic heterocycles. The molecule has 0 aliphatic heterocycles. The quantitative estimate of drug-likeness (QED) is 0.581. The van der Waals surface area contributed by atoms with E-state index in [-0.39, 0.29) is 29.6 Å². The molecule has 0 saturated carbocycles. The largest absolute Gasteiger partial charge is 0.352 e. The molecule has 2 amide bonds. The first-order valence-corrected chi connectivity index (χ1v) is 8.66. The number of rotatable bonds is 8. The van der Waals surface area contributed by atoms with E-state index >= 15 is 0 Å². The number of imidazole rings is 1. The van der Waals surface area contributed by atoms with Crippen molar-refractivity contribution in [2.45, 2.75) is 45.7 Å². The number of fused-ring (bicyclic) bond motifs is 1. The zero-order chi connectivity index (χ0) is 18.4. The van der Waals surface area contributed by atoms with Gasteiger partial charge in [0.25, 0.3) is 5.91 Å². The van der Waals surface area contributed by atoms with E-state index in [4.69, 9.17) is 5.73 Å². The van der Waals surface area contributed by atoms with E-state index in [9.17, 15) is 9.59 Å². The summed E-state index contributed by atoms with van der Waals surface area (Å²) in [7, 11) is 0. The van der Waals surface area contributed by atoms with Crippen LogP contribution >= 0.6 is 0 Å². The third kappa shape index (κ3) is 5.29. The highest BCUT2D eigenvalue weighted by Gasteiger charge is 2.24. The summed E-state index contributed by atoms with van der Waals surface area (Å²) in [5.41, 5.74) is 7.03. The molecule has 7 nitrogen and oxygen atoms in total. The Morgan fingerprint density at radius 3 is 2.56 bits per heavy atom. The van der Waals surface area contributed by atoms with Crippen LogP contribution in [0.4, 0.5) is 0 Å². The molecule has 5 N–H and O–H groups in total. The minimum Gasteiger partial charge on any atom is -0.352 e. The number of benzene rings is 1. The summed E-state index contributed by atoms with van der Waals surface area (Å²) in [6.07, 6.45) is 1.24. The molecule has 0 radical (unpaired) electrons. The molecule has 0 saturated heterocycles. The normalized spacial score (nSPS) is 13.6. The molecule has 2 atom stereocenters. The van der Waals surface area contributed by atoms with Gasteiger partial charge in [-0.1, -0.05) is 26.0 Å². The predicted octanol–water partition coefficient (Wildman–Crippen LogP) is 1.56. The Hall–Kier alpha value is -2.41. The molecule has 0 aliphatic carbocycles. The molecule has 1 aromatic carbocycles. The highest BCUT2D eigenvalue weighted by Crippen LogP contribution is 2.11. The maximum Gasteiger partial charge on any atom is 0.287 e. The average molecular weight is 345 g/mol. The van der Waals surface area contributed by atoms with Gasteiger partial charge in [-0.25, -0.2) is 4.98 Å². The van der Waals surface area contributed by atoms with Crippen LogP contribution in [0.1, 0.15) is 44.2 Å². The van der Waals surface area contributed by atoms with Crippen LogP contribution in [-0.4, -0.2) is 40.4 Å². The first kappa shape index (κ1) is 18.9. The molecule has 1 heterocycles. The highest BCUT2D eigenvalue weighted by molar-refractivity contribution is 5.97. The molecule has 2 rings (SSSR count). The average Bonchev–Trinajstić information content (AvgIpc) is 2.98. The van der Waals surface area contributed by atoms with Crippen LogP contribution in [0.5, 0.6) is 0 Å². The maximum absolute atomic E-state index is 12.5. The number of carbonyl (C=O) groups is 2. The molecule has 0 aliphatic rings.